The predicted octanol–water partition coefficient (Wildman–Crippen LogP) is 21.0. The lowest BCUT2D eigenvalue weighted by atomic mass is 10.1. The number of hydrogen-bond donors (Lipinski definition) is 3. The summed E-state index contributed by atoms with van der Waals surface area (Å²) in [7, 11) is -10.0. The van der Waals surface area contributed by atoms with Crippen LogP contribution in [0.4, 0.5) is 0 Å². The quantitative estimate of drug-likeness (QED) is 0.0169. The average molecular weight is 1430 g/mol. The number of hydrogen-bond acceptors (Lipinski definition) is 15. The molecule has 0 aliphatic carbocycles. The number of aliphatic hydroxyl groups is 1. The number of phosphoric acid groups is 2. The summed E-state index contributed by atoms with van der Waals surface area (Å²) in [5.41, 5.74) is 0. The summed E-state index contributed by atoms with van der Waals surface area (Å²) in [5.74, 6) is -2.57. The molecular weight excluding hydrogens is 1310 g/mol. The fourth-order valence-electron chi connectivity index (χ4n) is 8.62. The minimum atomic E-state index is -5.03. The van der Waals surface area contributed by atoms with Crippen molar-refractivity contribution in [3.63, 3.8) is 0 Å². The van der Waals surface area contributed by atoms with E-state index in [4.69, 9.17) is 37.0 Å². The van der Waals surface area contributed by atoms with E-state index in [1.54, 1.807) is 24.3 Å². The van der Waals surface area contributed by atoms with E-state index in [9.17, 15) is 43.2 Å². The third kappa shape index (κ3) is 70.3. The van der Waals surface area contributed by atoms with Gasteiger partial charge in [-0.25, -0.2) is 9.13 Å². The highest BCUT2D eigenvalue weighted by Gasteiger charge is 2.30. The van der Waals surface area contributed by atoms with Gasteiger partial charge in [-0.3, -0.25) is 37.3 Å². The smallest absolute Gasteiger partial charge is 0.462 e. The Morgan fingerprint density at radius 1 is 0.300 bits per heavy atom. The lowest BCUT2D eigenvalue weighted by Gasteiger charge is -2.21. The number of ether oxygens (including phenoxy) is 4. The Bertz CT molecular complexity index is 2670. The van der Waals surface area contributed by atoms with E-state index in [1.165, 1.54) is 19.3 Å². The second-order valence-electron chi connectivity index (χ2n) is 23.4. The zero-order valence-corrected chi connectivity index (χ0v) is 62.8. The molecule has 0 radical (unpaired) electrons. The van der Waals surface area contributed by atoms with Crippen molar-refractivity contribution >= 4 is 39.5 Å². The highest BCUT2D eigenvalue weighted by Crippen LogP contribution is 2.45. The Labute approximate surface area is 602 Å². The maximum Gasteiger partial charge on any atom is 0.472 e. The maximum absolute atomic E-state index is 13.1. The highest BCUT2D eigenvalue weighted by atomic mass is 31.2. The summed E-state index contributed by atoms with van der Waals surface area (Å²) < 4.78 is 68.1. The number of unbranched alkanes of at least 4 members (excludes halogenated alkanes) is 10. The third-order valence-electron chi connectivity index (χ3n) is 14.1. The molecular formula is C81H126O17P2. The minimum Gasteiger partial charge on any atom is -0.462 e. The number of carbonyl (C=O) groups is 4. The van der Waals surface area contributed by atoms with Crippen molar-refractivity contribution in [3.05, 3.63) is 194 Å². The van der Waals surface area contributed by atoms with E-state index in [0.29, 0.717) is 25.7 Å². The van der Waals surface area contributed by atoms with Crippen LogP contribution >= 0.6 is 15.6 Å². The van der Waals surface area contributed by atoms with Gasteiger partial charge in [-0.05, 0) is 148 Å². The predicted molar refractivity (Wildman–Crippen MR) is 408 cm³/mol. The first-order valence-electron chi connectivity index (χ1n) is 36.7. The van der Waals surface area contributed by atoms with Gasteiger partial charge in [-0.15, -0.1) is 0 Å². The van der Waals surface area contributed by atoms with Gasteiger partial charge in [-0.2, -0.15) is 0 Å². The molecule has 5 atom stereocenters. The van der Waals surface area contributed by atoms with Gasteiger partial charge in [0.2, 0.25) is 0 Å². The number of carbonyl (C=O) groups excluding carboxylic acids is 4. The van der Waals surface area contributed by atoms with Crippen LogP contribution in [-0.4, -0.2) is 96.7 Å². The van der Waals surface area contributed by atoms with E-state index in [0.717, 1.165) is 135 Å². The number of esters is 4. The maximum atomic E-state index is 13.1. The summed E-state index contributed by atoms with van der Waals surface area (Å²) in [6.45, 7) is 4.14. The molecule has 0 aliphatic rings. The molecule has 5 unspecified atom stereocenters. The zero-order chi connectivity index (χ0) is 73.2. The number of phosphoric ester groups is 2. The molecule has 17 nitrogen and oxygen atoms in total. The molecule has 0 fully saturated rings. The van der Waals surface area contributed by atoms with Crippen LogP contribution in [0.5, 0.6) is 0 Å². The molecule has 0 aromatic rings. The van der Waals surface area contributed by atoms with Crippen molar-refractivity contribution in [2.45, 2.75) is 251 Å². The van der Waals surface area contributed by atoms with Crippen molar-refractivity contribution < 1.29 is 80.2 Å². The van der Waals surface area contributed by atoms with Crippen molar-refractivity contribution in [2.75, 3.05) is 39.6 Å². The minimum absolute atomic E-state index is 0.0572. The monoisotopic (exact) mass is 1430 g/mol. The SMILES string of the molecule is CC/C=C\C/C=C\C/C=C\C/C=C\C/C=C\CC(=O)OCC(COP(=O)(O)OCC(O)COP(=O)(O)OCC(COC(=O)CCCC/C=C\C/C=C\C/C=C\C/C=C\CC)OC(=O)CCCCCCC/C=C\C/C=C\CCCCC)OC(=O)C/C=C\C/C=C\C/C=C\C/C=C\C/C=C\CC. The molecule has 0 saturated carbocycles. The summed E-state index contributed by atoms with van der Waals surface area (Å²) in [4.78, 5) is 72.6. The first-order valence-corrected chi connectivity index (χ1v) is 39.7. The Hall–Kier alpha value is -6.10. The third-order valence-corrected chi connectivity index (χ3v) is 16.0. The fraction of sp³-hybridized carbons (Fsp3) is 0.556. The van der Waals surface area contributed by atoms with Crippen LogP contribution in [0.25, 0.3) is 0 Å². The molecule has 0 bridgehead atoms. The van der Waals surface area contributed by atoms with Gasteiger partial charge in [0.1, 0.15) is 19.3 Å². The number of aliphatic hydroxyl groups excluding tert-OH is 1. The van der Waals surface area contributed by atoms with E-state index < -0.39 is 97.5 Å². The Balaban J connectivity index is 5.57. The topological polar surface area (TPSA) is 237 Å². The van der Waals surface area contributed by atoms with Gasteiger partial charge in [-0.1, -0.05) is 254 Å². The molecule has 0 amide bonds. The second-order valence-corrected chi connectivity index (χ2v) is 26.3. The van der Waals surface area contributed by atoms with Gasteiger partial charge in [0.25, 0.3) is 0 Å². The fourth-order valence-corrected chi connectivity index (χ4v) is 10.2. The normalized spacial score (nSPS) is 15.1. The summed E-state index contributed by atoms with van der Waals surface area (Å²) >= 11 is 0. The first kappa shape index (κ1) is 93.9. The largest absolute Gasteiger partial charge is 0.472 e. The van der Waals surface area contributed by atoms with Crippen LogP contribution in [0.1, 0.15) is 233 Å². The van der Waals surface area contributed by atoms with E-state index in [1.807, 2.05) is 24.3 Å². The average Bonchev–Trinajstić information content (AvgIpc) is 1.01. The standard InChI is InChI=1S/C81H126O17P2/c1-5-9-13-17-21-25-29-33-37-41-45-49-53-57-61-65-78(83)91-71-76(97-80(85)67-63-59-55-51-47-43-39-35-31-27-23-19-15-11-7-3)73-95-99(87,88)93-69-75(82)70-94-100(89,90)96-74-77(98-81(86)68-64-60-56-52-48-44-40-36-32-28-24-20-16-12-8-4)72-92-79(84)66-62-58-54-50-46-42-38-34-30-26-22-18-14-10-6-2/h9-11,13-15,21-28,33-40,45-47,49-51,57,59,61,63,75-77,82H,5-8,12,16-20,29-32,41-44,48,52-56,58,60,62,64-74H2,1-4H3,(H,87,88)(H,89,90)/b13-9-,14-10-,15-11-,25-21-,26-22-,27-23-,28-24-,37-33-,38-34-,39-35-,40-36-,49-45-,50-46-,51-47-,61-57-,63-59-. The Morgan fingerprint density at radius 3 is 0.950 bits per heavy atom. The van der Waals surface area contributed by atoms with Crippen LogP contribution in [-0.2, 0) is 65.4 Å². The zero-order valence-electron chi connectivity index (χ0n) is 61.0. The van der Waals surface area contributed by atoms with Gasteiger partial charge in [0.15, 0.2) is 12.2 Å². The molecule has 0 rings (SSSR count). The van der Waals surface area contributed by atoms with Crippen LogP contribution in [0.15, 0.2) is 194 Å². The molecule has 0 aromatic heterocycles. The highest BCUT2D eigenvalue weighted by molar-refractivity contribution is 7.47. The van der Waals surface area contributed by atoms with E-state index >= 15 is 0 Å². The first-order chi connectivity index (χ1) is 48.7. The van der Waals surface area contributed by atoms with Crippen molar-refractivity contribution in [1.82, 2.24) is 0 Å². The van der Waals surface area contributed by atoms with Gasteiger partial charge in [0.05, 0.1) is 39.3 Å². The lowest BCUT2D eigenvalue weighted by molar-refractivity contribution is -0.161. The molecule has 0 saturated heterocycles. The number of allylic oxidation sites excluding steroid dienone is 30. The van der Waals surface area contributed by atoms with Crippen molar-refractivity contribution in [2.24, 2.45) is 0 Å². The summed E-state index contributed by atoms with van der Waals surface area (Å²) in [5, 5.41) is 10.6. The van der Waals surface area contributed by atoms with Crippen LogP contribution in [0.3, 0.4) is 0 Å². The molecule has 3 N–H and O–H groups in total. The molecule has 0 spiro atoms. The lowest BCUT2D eigenvalue weighted by Crippen LogP contribution is -2.30. The molecule has 562 valence electrons. The Morgan fingerprint density at radius 2 is 0.570 bits per heavy atom. The summed E-state index contributed by atoms with van der Waals surface area (Å²) in [6.07, 6.45) is 86.4. The molecule has 0 heterocycles. The number of rotatable bonds is 66. The second kappa shape index (κ2) is 71.3. The molecule has 19 heteroatoms. The van der Waals surface area contributed by atoms with Crippen molar-refractivity contribution in [3.8, 4) is 0 Å². The van der Waals surface area contributed by atoms with Crippen LogP contribution in [0.2, 0.25) is 0 Å². The van der Waals surface area contributed by atoms with Crippen LogP contribution < -0.4 is 0 Å². The molecule has 100 heavy (non-hydrogen) atoms. The Kier molecular flexibility index (Phi) is 67.0. The van der Waals surface area contributed by atoms with Gasteiger partial charge >= 0.3 is 39.5 Å². The summed E-state index contributed by atoms with van der Waals surface area (Å²) in [6, 6.07) is 0. The van der Waals surface area contributed by atoms with Gasteiger partial charge < -0.3 is 33.8 Å². The molecule has 0 aliphatic heterocycles. The molecule has 0 aromatic carbocycles. The van der Waals surface area contributed by atoms with Crippen LogP contribution in [0, 0.1) is 0 Å². The van der Waals surface area contributed by atoms with E-state index in [2.05, 4.69) is 174 Å². The van der Waals surface area contributed by atoms with Crippen molar-refractivity contribution in [1.29, 1.82) is 0 Å². The van der Waals surface area contributed by atoms with Gasteiger partial charge in [0, 0.05) is 12.8 Å². The van der Waals surface area contributed by atoms with E-state index in [-0.39, 0.29) is 25.7 Å².